The number of hydrogen-bond donors (Lipinski definition) is 2. The molecule has 0 bridgehead atoms. The fraction of sp³-hybridized carbons (Fsp3) is 0.381. The lowest BCUT2D eigenvalue weighted by Crippen LogP contribution is -2.37. The van der Waals surface area contributed by atoms with E-state index in [-0.39, 0.29) is 0 Å². The molecule has 0 aliphatic rings. The van der Waals surface area contributed by atoms with Gasteiger partial charge < -0.3 is 15.4 Å². The number of rotatable bonds is 9. The predicted molar refractivity (Wildman–Crippen MR) is 104 cm³/mol. The SMILES string of the molecule is CCCNC(=NCc1cccc(COCc2ccccc2)c1)NCC. The van der Waals surface area contributed by atoms with E-state index in [1.165, 1.54) is 16.7 Å². The highest BCUT2D eigenvalue weighted by Crippen LogP contribution is 2.10. The van der Waals surface area contributed by atoms with E-state index in [0.29, 0.717) is 19.8 Å². The summed E-state index contributed by atoms with van der Waals surface area (Å²) in [5.74, 6) is 0.870. The fourth-order valence-electron chi connectivity index (χ4n) is 2.43. The molecule has 0 aliphatic heterocycles. The van der Waals surface area contributed by atoms with Gasteiger partial charge in [-0.05, 0) is 30.0 Å². The van der Waals surface area contributed by atoms with Crippen molar-refractivity contribution in [2.45, 2.75) is 40.0 Å². The van der Waals surface area contributed by atoms with Crippen molar-refractivity contribution >= 4 is 5.96 Å². The zero-order chi connectivity index (χ0) is 17.7. The summed E-state index contributed by atoms with van der Waals surface area (Å²) in [5.41, 5.74) is 3.56. The van der Waals surface area contributed by atoms with E-state index < -0.39 is 0 Å². The molecule has 0 radical (unpaired) electrons. The molecular formula is C21H29N3O. The zero-order valence-electron chi connectivity index (χ0n) is 15.3. The molecule has 4 heteroatoms. The average Bonchev–Trinajstić information content (AvgIpc) is 2.65. The molecule has 25 heavy (non-hydrogen) atoms. The van der Waals surface area contributed by atoms with Gasteiger partial charge in [0, 0.05) is 13.1 Å². The highest BCUT2D eigenvalue weighted by molar-refractivity contribution is 5.79. The quantitative estimate of drug-likeness (QED) is 0.538. The van der Waals surface area contributed by atoms with E-state index in [4.69, 9.17) is 4.74 Å². The van der Waals surface area contributed by atoms with Crippen molar-refractivity contribution in [3.8, 4) is 0 Å². The molecule has 0 fully saturated rings. The largest absolute Gasteiger partial charge is 0.372 e. The maximum Gasteiger partial charge on any atom is 0.191 e. The second-order valence-corrected chi connectivity index (χ2v) is 5.92. The van der Waals surface area contributed by atoms with Crippen molar-refractivity contribution in [1.29, 1.82) is 0 Å². The van der Waals surface area contributed by atoms with Crippen molar-refractivity contribution in [1.82, 2.24) is 10.6 Å². The minimum atomic E-state index is 0.612. The molecule has 0 aliphatic carbocycles. The molecule has 2 aromatic rings. The van der Waals surface area contributed by atoms with Crippen molar-refractivity contribution in [2.75, 3.05) is 13.1 Å². The Morgan fingerprint density at radius 2 is 1.60 bits per heavy atom. The Morgan fingerprint density at radius 1 is 0.880 bits per heavy atom. The Labute approximate surface area is 151 Å². The van der Waals surface area contributed by atoms with Crippen LogP contribution in [0.4, 0.5) is 0 Å². The first kappa shape index (κ1) is 19.0. The second-order valence-electron chi connectivity index (χ2n) is 5.92. The first-order chi connectivity index (χ1) is 12.3. The van der Waals surface area contributed by atoms with E-state index in [9.17, 15) is 0 Å². The topological polar surface area (TPSA) is 45.7 Å². The lowest BCUT2D eigenvalue weighted by atomic mass is 10.1. The molecule has 0 atom stereocenters. The Morgan fingerprint density at radius 3 is 2.36 bits per heavy atom. The van der Waals surface area contributed by atoms with Gasteiger partial charge in [0.15, 0.2) is 5.96 Å². The molecule has 0 unspecified atom stereocenters. The first-order valence-corrected chi connectivity index (χ1v) is 9.03. The average molecular weight is 339 g/mol. The van der Waals surface area contributed by atoms with Gasteiger partial charge in [0.1, 0.15) is 0 Å². The van der Waals surface area contributed by atoms with Gasteiger partial charge in [-0.25, -0.2) is 4.99 Å². The number of benzene rings is 2. The van der Waals surface area contributed by atoms with Crippen LogP contribution in [0.15, 0.2) is 59.6 Å². The van der Waals surface area contributed by atoms with Crippen LogP contribution in [0.25, 0.3) is 0 Å². The van der Waals surface area contributed by atoms with Crippen LogP contribution < -0.4 is 10.6 Å². The third-order valence-corrected chi connectivity index (χ3v) is 3.68. The number of ether oxygens (including phenoxy) is 1. The molecule has 2 N–H and O–H groups in total. The monoisotopic (exact) mass is 339 g/mol. The van der Waals surface area contributed by atoms with E-state index in [0.717, 1.165) is 25.5 Å². The molecule has 0 saturated carbocycles. The second kappa shape index (κ2) is 11.3. The highest BCUT2D eigenvalue weighted by atomic mass is 16.5. The third-order valence-electron chi connectivity index (χ3n) is 3.68. The summed E-state index contributed by atoms with van der Waals surface area (Å²) in [6, 6.07) is 18.7. The van der Waals surface area contributed by atoms with Crippen LogP contribution in [0.5, 0.6) is 0 Å². The van der Waals surface area contributed by atoms with Gasteiger partial charge in [-0.15, -0.1) is 0 Å². The van der Waals surface area contributed by atoms with Gasteiger partial charge in [0.25, 0.3) is 0 Å². The van der Waals surface area contributed by atoms with Crippen LogP contribution in [0.2, 0.25) is 0 Å². The Balaban J connectivity index is 1.86. The van der Waals surface area contributed by atoms with E-state index in [1.807, 2.05) is 18.2 Å². The van der Waals surface area contributed by atoms with Crippen LogP contribution in [0.3, 0.4) is 0 Å². The molecule has 0 heterocycles. The molecule has 4 nitrogen and oxygen atoms in total. The van der Waals surface area contributed by atoms with Crippen molar-refractivity contribution in [3.05, 3.63) is 71.3 Å². The zero-order valence-corrected chi connectivity index (χ0v) is 15.3. The number of guanidine groups is 1. The fourth-order valence-corrected chi connectivity index (χ4v) is 2.43. The smallest absolute Gasteiger partial charge is 0.191 e. The lowest BCUT2D eigenvalue weighted by molar-refractivity contribution is 0.107. The van der Waals surface area contributed by atoms with E-state index >= 15 is 0 Å². The summed E-state index contributed by atoms with van der Waals surface area (Å²) in [5, 5.41) is 6.59. The normalized spacial score (nSPS) is 11.4. The number of aliphatic imine (C=N–C) groups is 1. The standard InChI is InChI=1S/C21H29N3O/c1-3-13-23-21(22-4-2)24-15-19-11-8-12-20(14-19)17-25-16-18-9-6-5-7-10-18/h5-12,14H,3-4,13,15-17H2,1-2H3,(H2,22,23,24). The van der Waals surface area contributed by atoms with Crippen LogP contribution in [-0.2, 0) is 24.5 Å². The van der Waals surface area contributed by atoms with Crippen LogP contribution >= 0.6 is 0 Å². The van der Waals surface area contributed by atoms with E-state index in [2.05, 4.69) is 65.9 Å². The van der Waals surface area contributed by atoms with Crippen LogP contribution in [-0.4, -0.2) is 19.0 Å². The van der Waals surface area contributed by atoms with Gasteiger partial charge in [0.05, 0.1) is 19.8 Å². The highest BCUT2D eigenvalue weighted by Gasteiger charge is 1.99. The molecule has 0 spiro atoms. The summed E-state index contributed by atoms with van der Waals surface area (Å²) >= 11 is 0. The molecule has 2 rings (SSSR count). The summed E-state index contributed by atoms with van der Waals surface area (Å²) in [6.45, 7) is 7.92. The summed E-state index contributed by atoms with van der Waals surface area (Å²) in [4.78, 5) is 4.64. The maximum absolute atomic E-state index is 5.82. The molecular weight excluding hydrogens is 310 g/mol. The van der Waals surface area contributed by atoms with Crippen LogP contribution in [0, 0.1) is 0 Å². The maximum atomic E-state index is 5.82. The third kappa shape index (κ3) is 7.40. The van der Waals surface area contributed by atoms with Gasteiger partial charge in [-0.2, -0.15) is 0 Å². The Hall–Kier alpha value is -2.33. The minimum absolute atomic E-state index is 0.612. The molecule has 134 valence electrons. The van der Waals surface area contributed by atoms with Crippen molar-refractivity contribution in [3.63, 3.8) is 0 Å². The minimum Gasteiger partial charge on any atom is -0.372 e. The number of nitrogens with zero attached hydrogens (tertiary/aromatic N) is 1. The van der Waals surface area contributed by atoms with Crippen molar-refractivity contribution in [2.24, 2.45) is 4.99 Å². The van der Waals surface area contributed by atoms with Gasteiger partial charge >= 0.3 is 0 Å². The van der Waals surface area contributed by atoms with Gasteiger partial charge in [-0.1, -0.05) is 61.5 Å². The summed E-state index contributed by atoms with van der Waals surface area (Å²) in [7, 11) is 0. The Bertz CT molecular complexity index is 641. The Kier molecular flexibility index (Phi) is 8.56. The predicted octanol–water partition coefficient (Wildman–Crippen LogP) is 3.87. The van der Waals surface area contributed by atoms with E-state index in [1.54, 1.807) is 0 Å². The van der Waals surface area contributed by atoms with Gasteiger partial charge in [-0.3, -0.25) is 0 Å². The van der Waals surface area contributed by atoms with Crippen LogP contribution in [0.1, 0.15) is 37.0 Å². The molecule has 0 aromatic heterocycles. The summed E-state index contributed by atoms with van der Waals surface area (Å²) < 4.78 is 5.82. The molecule has 2 aromatic carbocycles. The lowest BCUT2D eigenvalue weighted by Gasteiger charge is -2.10. The van der Waals surface area contributed by atoms with Crippen molar-refractivity contribution < 1.29 is 4.74 Å². The molecule has 0 saturated heterocycles. The molecule has 0 amide bonds. The van der Waals surface area contributed by atoms with Gasteiger partial charge in [0.2, 0.25) is 0 Å². The first-order valence-electron chi connectivity index (χ1n) is 9.03. The number of nitrogens with one attached hydrogen (secondary N) is 2. The number of hydrogen-bond acceptors (Lipinski definition) is 2. The summed E-state index contributed by atoms with van der Waals surface area (Å²) in [6.07, 6.45) is 1.08.